The van der Waals surface area contributed by atoms with Gasteiger partial charge in [-0.1, -0.05) is 30.3 Å². The van der Waals surface area contributed by atoms with Crippen LogP contribution in [0.3, 0.4) is 0 Å². The van der Waals surface area contributed by atoms with Crippen LogP contribution in [0.5, 0.6) is 0 Å². The van der Waals surface area contributed by atoms with E-state index in [2.05, 4.69) is 5.32 Å². The summed E-state index contributed by atoms with van der Waals surface area (Å²) in [6.45, 7) is -0.449. The molecule has 1 aromatic rings. The summed E-state index contributed by atoms with van der Waals surface area (Å²) in [5.41, 5.74) is 0.749. The number of amides is 2. The molecule has 0 spiro atoms. The van der Waals surface area contributed by atoms with Gasteiger partial charge in [-0.2, -0.15) is 0 Å². The Morgan fingerprint density at radius 3 is 2.48 bits per heavy atom. The van der Waals surface area contributed by atoms with E-state index >= 15 is 0 Å². The van der Waals surface area contributed by atoms with Gasteiger partial charge in [-0.05, 0) is 12.0 Å². The molecule has 21 heavy (non-hydrogen) atoms. The van der Waals surface area contributed by atoms with Gasteiger partial charge in [0.15, 0.2) is 0 Å². The first-order valence-corrected chi connectivity index (χ1v) is 6.55. The van der Waals surface area contributed by atoms with Gasteiger partial charge in [-0.3, -0.25) is 4.79 Å². The molecular formula is C14H18F2N2O3. The number of carbonyl (C=O) groups excluding carboxylic acids is 1. The Hall–Kier alpha value is -2.18. The van der Waals surface area contributed by atoms with Gasteiger partial charge in [0.05, 0.1) is 6.54 Å². The summed E-state index contributed by atoms with van der Waals surface area (Å²) in [6, 6.07) is 8.20. The SMILES string of the molecule is O=C(O)CCCNC(=O)N(Cc1ccccc1)CC(F)F. The van der Waals surface area contributed by atoms with Crippen molar-refractivity contribution in [3.8, 4) is 0 Å². The molecule has 0 unspecified atom stereocenters. The molecule has 0 atom stereocenters. The fourth-order valence-corrected chi connectivity index (χ4v) is 1.74. The maximum atomic E-state index is 12.5. The Morgan fingerprint density at radius 1 is 1.24 bits per heavy atom. The van der Waals surface area contributed by atoms with E-state index in [1.165, 1.54) is 0 Å². The van der Waals surface area contributed by atoms with Crippen LogP contribution in [0.4, 0.5) is 13.6 Å². The second-order valence-electron chi connectivity index (χ2n) is 4.49. The molecule has 0 radical (unpaired) electrons. The van der Waals surface area contributed by atoms with Crippen LogP contribution in [0.25, 0.3) is 0 Å². The van der Waals surface area contributed by atoms with Gasteiger partial charge in [0.2, 0.25) is 0 Å². The Labute approximate surface area is 121 Å². The van der Waals surface area contributed by atoms with E-state index in [9.17, 15) is 18.4 Å². The molecule has 2 amide bonds. The van der Waals surface area contributed by atoms with Gasteiger partial charge in [0.1, 0.15) is 0 Å². The number of urea groups is 1. The molecule has 1 aromatic carbocycles. The maximum absolute atomic E-state index is 12.5. The fourth-order valence-electron chi connectivity index (χ4n) is 1.74. The Morgan fingerprint density at radius 2 is 1.90 bits per heavy atom. The third-order valence-electron chi connectivity index (χ3n) is 2.71. The van der Waals surface area contributed by atoms with Gasteiger partial charge in [0, 0.05) is 19.5 Å². The van der Waals surface area contributed by atoms with E-state index in [1.807, 2.05) is 0 Å². The first-order chi connectivity index (χ1) is 9.99. The summed E-state index contributed by atoms with van der Waals surface area (Å²) in [5.74, 6) is -0.960. The number of hydrogen-bond donors (Lipinski definition) is 2. The lowest BCUT2D eigenvalue weighted by Gasteiger charge is -2.22. The third kappa shape index (κ3) is 7.24. The quantitative estimate of drug-likeness (QED) is 0.724. The van der Waals surface area contributed by atoms with Crippen LogP contribution in [0.1, 0.15) is 18.4 Å². The molecule has 2 N–H and O–H groups in total. The molecular weight excluding hydrogens is 282 g/mol. The number of aliphatic carboxylic acids is 1. The number of carboxylic acids is 1. The molecule has 0 aromatic heterocycles. The van der Waals surface area contributed by atoms with Crippen LogP contribution in [0.2, 0.25) is 0 Å². The highest BCUT2D eigenvalue weighted by atomic mass is 19.3. The molecule has 0 bridgehead atoms. The van der Waals surface area contributed by atoms with Crippen molar-refractivity contribution < 1.29 is 23.5 Å². The maximum Gasteiger partial charge on any atom is 0.317 e. The zero-order chi connectivity index (χ0) is 15.7. The lowest BCUT2D eigenvalue weighted by molar-refractivity contribution is -0.137. The molecule has 5 nitrogen and oxygen atoms in total. The highest BCUT2D eigenvalue weighted by Gasteiger charge is 2.18. The monoisotopic (exact) mass is 300 g/mol. The second kappa shape index (κ2) is 8.89. The number of alkyl halides is 2. The molecule has 0 aliphatic carbocycles. The number of nitrogens with one attached hydrogen (secondary N) is 1. The van der Waals surface area contributed by atoms with Crippen LogP contribution < -0.4 is 5.32 Å². The lowest BCUT2D eigenvalue weighted by atomic mass is 10.2. The van der Waals surface area contributed by atoms with Crippen molar-refractivity contribution in [1.82, 2.24) is 10.2 Å². The minimum atomic E-state index is -2.63. The molecule has 0 aliphatic heterocycles. The molecule has 0 fully saturated rings. The highest BCUT2D eigenvalue weighted by molar-refractivity contribution is 5.74. The first-order valence-electron chi connectivity index (χ1n) is 6.55. The number of carbonyl (C=O) groups is 2. The highest BCUT2D eigenvalue weighted by Crippen LogP contribution is 2.07. The van der Waals surface area contributed by atoms with E-state index in [-0.39, 0.29) is 25.9 Å². The van der Waals surface area contributed by atoms with Crippen molar-refractivity contribution in [1.29, 1.82) is 0 Å². The minimum absolute atomic E-state index is 0.0756. The van der Waals surface area contributed by atoms with Crippen molar-refractivity contribution in [2.45, 2.75) is 25.8 Å². The van der Waals surface area contributed by atoms with Crippen LogP contribution in [-0.2, 0) is 11.3 Å². The summed E-state index contributed by atoms with van der Waals surface area (Å²) in [4.78, 5) is 23.2. The smallest absolute Gasteiger partial charge is 0.317 e. The van der Waals surface area contributed by atoms with Crippen molar-refractivity contribution >= 4 is 12.0 Å². The number of benzene rings is 1. The predicted octanol–water partition coefficient (Wildman–Crippen LogP) is 2.33. The van der Waals surface area contributed by atoms with Crippen molar-refractivity contribution in [3.63, 3.8) is 0 Å². The number of hydrogen-bond acceptors (Lipinski definition) is 2. The number of nitrogens with zero attached hydrogens (tertiary/aromatic N) is 1. The molecule has 0 aliphatic rings. The average Bonchev–Trinajstić information content (AvgIpc) is 2.43. The zero-order valence-corrected chi connectivity index (χ0v) is 11.5. The zero-order valence-electron chi connectivity index (χ0n) is 11.5. The summed E-state index contributed by atoms with van der Waals surface area (Å²) >= 11 is 0. The normalized spacial score (nSPS) is 10.4. The summed E-state index contributed by atoms with van der Waals surface area (Å²) in [5, 5.41) is 10.9. The molecule has 0 saturated heterocycles. The Balaban J connectivity index is 2.51. The molecule has 116 valence electrons. The van der Waals surface area contributed by atoms with Gasteiger partial charge in [0.25, 0.3) is 6.43 Å². The lowest BCUT2D eigenvalue weighted by Crippen LogP contribution is -2.42. The van der Waals surface area contributed by atoms with Crippen LogP contribution in [-0.4, -0.2) is 41.5 Å². The summed E-state index contributed by atoms with van der Waals surface area (Å²) in [6.07, 6.45) is -2.44. The predicted molar refractivity (Wildman–Crippen MR) is 73.1 cm³/mol. The van der Waals surface area contributed by atoms with Gasteiger partial charge >= 0.3 is 12.0 Å². The van der Waals surface area contributed by atoms with Gasteiger partial charge < -0.3 is 15.3 Å². The molecule has 0 heterocycles. The van der Waals surface area contributed by atoms with Crippen LogP contribution in [0.15, 0.2) is 30.3 Å². The van der Waals surface area contributed by atoms with E-state index in [0.717, 1.165) is 10.5 Å². The van der Waals surface area contributed by atoms with Gasteiger partial charge in [-0.25, -0.2) is 13.6 Å². The number of halogens is 2. The minimum Gasteiger partial charge on any atom is -0.481 e. The second-order valence-corrected chi connectivity index (χ2v) is 4.49. The van der Waals surface area contributed by atoms with Crippen LogP contribution >= 0.6 is 0 Å². The average molecular weight is 300 g/mol. The largest absolute Gasteiger partial charge is 0.481 e. The van der Waals surface area contributed by atoms with E-state index in [0.29, 0.717) is 0 Å². The van der Waals surface area contributed by atoms with E-state index in [1.54, 1.807) is 30.3 Å². The topological polar surface area (TPSA) is 69.6 Å². The van der Waals surface area contributed by atoms with Crippen molar-refractivity contribution in [2.75, 3.05) is 13.1 Å². The Kier molecular flexibility index (Phi) is 7.14. The van der Waals surface area contributed by atoms with Crippen molar-refractivity contribution in [3.05, 3.63) is 35.9 Å². The molecule has 0 saturated carbocycles. The first kappa shape index (κ1) is 16.9. The number of carboxylic acid groups (broad SMARTS) is 1. The van der Waals surface area contributed by atoms with Crippen LogP contribution in [0, 0.1) is 0 Å². The number of rotatable bonds is 8. The van der Waals surface area contributed by atoms with E-state index in [4.69, 9.17) is 5.11 Å². The van der Waals surface area contributed by atoms with E-state index < -0.39 is 25.0 Å². The summed E-state index contributed by atoms with van der Waals surface area (Å²) < 4.78 is 25.1. The summed E-state index contributed by atoms with van der Waals surface area (Å²) in [7, 11) is 0. The molecule has 7 heteroatoms. The Bertz CT molecular complexity index is 455. The third-order valence-corrected chi connectivity index (χ3v) is 2.71. The standard InChI is InChI=1S/C14H18F2N2O3/c15-12(16)10-18(9-11-5-2-1-3-6-11)14(21)17-8-4-7-13(19)20/h1-3,5-6,12H,4,7-10H2,(H,17,21)(H,19,20). The molecule has 1 rings (SSSR count). The fraction of sp³-hybridized carbons (Fsp3) is 0.429. The van der Waals surface area contributed by atoms with Gasteiger partial charge in [-0.15, -0.1) is 0 Å². The van der Waals surface area contributed by atoms with Crippen molar-refractivity contribution in [2.24, 2.45) is 0 Å².